The van der Waals surface area contributed by atoms with Gasteiger partial charge in [-0.05, 0) is 19.9 Å². The van der Waals surface area contributed by atoms with Crippen LogP contribution in [0.5, 0.6) is 0 Å². The maximum absolute atomic E-state index is 4.38. The zero-order valence-corrected chi connectivity index (χ0v) is 9.91. The smallest absolute Gasteiger partial charge is 0.188 e. The third kappa shape index (κ3) is 2.83. The number of rotatable bonds is 2. The average molecular weight is 232 g/mol. The lowest BCUT2D eigenvalue weighted by Gasteiger charge is -2.25. The zero-order valence-electron chi connectivity index (χ0n) is 8.28. The summed E-state index contributed by atoms with van der Waals surface area (Å²) in [6.07, 6.45) is 0. The van der Waals surface area contributed by atoms with Crippen molar-refractivity contribution in [3.05, 3.63) is 17.5 Å². The Morgan fingerprint density at radius 1 is 1.29 bits per heavy atom. The first-order valence-electron chi connectivity index (χ1n) is 4.44. The molecule has 0 unspecified atom stereocenters. The van der Waals surface area contributed by atoms with Gasteiger partial charge < -0.3 is 5.32 Å². The standard InChI is InChI=1S/C9H13N3S.ClH/c1-6-3-7(2)12-9(11-6)13-8-4-10-5-8;/h3,8,10H,4-5H2,1-2H3;1H. The van der Waals surface area contributed by atoms with Crippen molar-refractivity contribution in [1.82, 2.24) is 15.3 Å². The molecule has 2 rings (SSSR count). The number of halogens is 1. The summed E-state index contributed by atoms with van der Waals surface area (Å²) in [4.78, 5) is 8.76. The Hall–Kier alpha value is -0.320. The van der Waals surface area contributed by atoms with Crippen molar-refractivity contribution in [2.24, 2.45) is 0 Å². The first-order chi connectivity index (χ1) is 6.24. The normalized spacial score (nSPS) is 15.9. The fraction of sp³-hybridized carbons (Fsp3) is 0.556. The van der Waals surface area contributed by atoms with E-state index in [4.69, 9.17) is 0 Å². The Labute approximate surface area is 94.5 Å². The Morgan fingerprint density at radius 3 is 2.29 bits per heavy atom. The predicted molar refractivity (Wildman–Crippen MR) is 61.3 cm³/mol. The highest BCUT2D eigenvalue weighted by Crippen LogP contribution is 2.22. The minimum Gasteiger partial charge on any atom is -0.314 e. The monoisotopic (exact) mass is 231 g/mol. The van der Waals surface area contributed by atoms with Crippen molar-refractivity contribution in [3.8, 4) is 0 Å². The lowest BCUT2D eigenvalue weighted by molar-refractivity contribution is 0.542. The van der Waals surface area contributed by atoms with Gasteiger partial charge in [-0.2, -0.15) is 0 Å². The number of thioether (sulfide) groups is 1. The van der Waals surface area contributed by atoms with E-state index in [0.717, 1.165) is 29.6 Å². The zero-order chi connectivity index (χ0) is 9.26. The molecule has 0 aliphatic carbocycles. The molecule has 1 aromatic heterocycles. The second-order valence-corrected chi connectivity index (χ2v) is 4.60. The summed E-state index contributed by atoms with van der Waals surface area (Å²) in [5, 5.41) is 4.82. The van der Waals surface area contributed by atoms with Crippen LogP contribution in [-0.2, 0) is 0 Å². The fourth-order valence-corrected chi connectivity index (χ4v) is 2.33. The third-order valence-electron chi connectivity index (χ3n) is 1.98. The Bertz CT molecular complexity index is 295. The summed E-state index contributed by atoms with van der Waals surface area (Å²) >= 11 is 1.77. The molecule has 1 aliphatic heterocycles. The molecule has 0 aromatic carbocycles. The van der Waals surface area contributed by atoms with Gasteiger partial charge in [-0.3, -0.25) is 0 Å². The maximum atomic E-state index is 4.38. The van der Waals surface area contributed by atoms with Crippen molar-refractivity contribution in [2.45, 2.75) is 24.3 Å². The van der Waals surface area contributed by atoms with E-state index in [1.807, 2.05) is 19.9 Å². The van der Waals surface area contributed by atoms with E-state index in [-0.39, 0.29) is 12.4 Å². The van der Waals surface area contributed by atoms with E-state index >= 15 is 0 Å². The van der Waals surface area contributed by atoms with Gasteiger partial charge in [0.25, 0.3) is 0 Å². The molecular formula is C9H14ClN3S. The minimum absolute atomic E-state index is 0. The molecule has 0 amide bonds. The predicted octanol–water partition coefficient (Wildman–Crippen LogP) is 1.58. The Balaban J connectivity index is 0.000000980. The fourth-order valence-electron chi connectivity index (χ4n) is 1.24. The number of hydrogen-bond acceptors (Lipinski definition) is 4. The Morgan fingerprint density at radius 2 is 1.86 bits per heavy atom. The number of aromatic nitrogens is 2. The van der Waals surface area contributed by atoms with E-state index < -0.39 is 0 Å². The van der Waals surface area contributed by atoms with Crippen molar-refractivity contribution < 1.29 is 0 Å². The van der Waals surface area contributed by atoms with Crippen LogP contribution in [0.4, 0.5) is 0 Å². The molecular weight excluding hydrogens is 218 g/mol. The second kappa shape index (κ2) is 4.96. The quantitative estimate of drug-likeness (QED) is 0.785. The second-order valence-electron chi connectivity index (χ2n) is 3.33. The molecule has 1 aliphatic rings. The lowest BCUT2D eigenvalue weighted by atomic mass is 10.3. The van der Waals surface area contributed by atoms with Gasteiger partial charge >= 0.3 is 0 Å². The van der Waals surface area contributed by atoms with Gasteiger partial charge in [0.15, 0.2) is 5.16 Å². The number of aryl methyl sites for hydroxylation is 2. The minimum atomic E-state index is 0. The highest BCUT2D eigenvalue weighted by molar-refractivity contribution is 7.99. The third-order valence-corrected chi connectivity index (χ3v) is 3.04. The largest absolute Gasteiger partial charge is 0.314 e. The maximum Gasteiger partial charge on any atom is 0.188 e. The van der Waals surface area contributed by atoms with Crippen LogP contribution >= 0.6 is 24.2 Å². The van der Waals surface area contributed by atoms with Crippen molar-refractivity contribution in [1.29, 1.82) is 0 Å². The van der Waals surface area contributed by atoms with Crippen LogP contribution in [0.2, 0.25) is 0 Å². The van der Waals surface area contributed by atoms with Crippen molar-refractivity contribution in [3.63, 3.8) is 0 Å². The van der Waals surface area contributed by atoms with E-state index in [1.54, 1.807) is 11.8 Å². The molecule has 2 heterocycles. The molecule has 0 bridgehead atoms. The molecule has 5 heteroatoms. The van der Waals surface area contributed by atoms with Crippen molar-refractivity contribution >= 4 is 24.2 Å². The van der Waals surface area contributed by atoms with Crippen LogP contribution in [0.15, 0.2) is 11.2 Å². The highest BCUT2D eigenvalue weighted by Gasteiger charge is 2.19. The van der Waals surface area contributed by atoms with Crippen molar-refractivity contribution in [2.75, 3.05) is 13.1 Å². The molecule has 3 nitrogen and oxygen atoms in total. The summed E-state index contributed by atoms with van der Waals surface area (Å²) in [5.74, 6) is 0. The summed E-state index contributed by atoms with van der Waals surface area (Å²) in [6, 6.07) is 2.00. The van der Waals surface area contributed by atoms with Crippen LogP contribution < -0.4 is 5.32 Å². The molecule has 0 atom stereocenters. The van der Waals surface area contributed by atoms with Crippen LogP contribution in [0.1, 0.15) is 11.4 Å². The summed E-state index contributed by atoms with van der Waals surface area (Å²) in [7, 11) is 0. The van der Waals surface area contributed by atoms with E-state index in [1.165, 1.54) is 0 Å². The van der Waals surface area contributed by atoms with Gasteiger partial charge in [0, 0.05) is 29.7 Å². The van der Waals surface area contributed by atoms with Crippen LogP contribution in [0.25, 0.3) is 0 Å². The van der Waals surface area contributed by atoms with E-state index in [9.17, 15) is 0 Å². The number of nitrogens with one attached hydrogen (secondary N) is 1. The van der Waals surface area contributed by atoms with Gasteiger partial charge in [0.05, 0.1) is 0 Å². The highest BCUT2D eigenvalue weighted by atomic mass is 35.5. The molecule has 1 saturated heterocycles. The van der Waals surface area contributed by atoms with E-state index in [0.29, 0.717) is 5.25 Å². The number of hydrogen-bond donors (Lipinski definition) is 1. The Kier molecular flexibility index (Phi) is 4.16. The van der Waals surface area contributed by atoms with Gasteiger partial charge in [-0.15, -0.1) is 12.4 Å². The SMILES string of the molecule is Cc1cc(C)nc(SC2CNC2)n1.Cl. The van der Waals surface area contributed by atoms with Crippen LogP contribution in [-0.4, -0.2) is 28.3 Å². The van der Waals surface area contributed by atoms with Gasteiger partial charge in [-0.25, -0.2) is 9.97 Å². The molecule has 1 aromatic rings. The molecule has 0 radical (unpaired) electrons. The van der Waals surface area contributed by atoms with Crippen LogP contribution in [0, 0.1) is 13.8 Å². The molecule has 1 N–H and O–H groups in total. The topological polar surface area (TPSA) is 37.8 Å². The van der Waals surface area contributed by atoms with Crippen LogP contribution in [0.3, 0.4) is 0 Å². The van der Waals surface area contributed by atoms with Gasteiger partial charge in [0.2, 0.25) is 0 Å². The first-order valence-corrected chi connectivity index (χ1v) is 5.31. The summed E-state index contributed by atoms with van der Waals surface area (Å²) < 4.78 is 0. The molecule has 14 heavy (non-hydrogen) atoms. The molecule has 0 spiro atoms. The molecule has 1 fully saturated rings. The molecule has 78 valence electrons. The van der Waals surface area contributed by atoms with Gasteiger partial charge in [0.1, 0.15) is 0 Å². The van der Waals surface area contributed by atoms with Gasteiger partial charge in [-0.1, -0.05) is 11.8 Å². The number of nitrogens with zero attached hydrogens (tertiary/aromatic N) is 2. The molecule has 0 saturated carbocycles. The average Bonchev–Trinajstić information content (AvgIpc) is 1.95. The lowest BCUT2D eigenvalue weighted by Crippen LogP contribution is -2.44. The summed E-state index contributed by atoms with van der Waals surface area (Å²) in [5.41, 5.74) is 2.12. The first kappa shape index (κ1) is 11.8. The summed E-state index contributed by atoms with van der Waals surface area (Å²) in [6.45, 7) is 6.19. The van der Waals surface area contributed by atoms with E-state index in [2.05, 4.69) is 15.3 Å².